The standard InChI is InChI=1S/C23H33NO2.C8H9NO2.C7H16.C4H10/c1-14(2)20(25)19-13-18-21(26-19)16(22(3,4)5)12-17(24-18)15-8-10-23(6,7)11-9-15;1-5-9-7(4-11-5)8(10)6-2-3-6;1-5-6-7(2,3)4;1-3-4-2/h12-15H,8-11H2,1-7H3;4,6H,2-3H2,1H3;5-6H2,1-4H3;3-4H2,1-2H3. The largest absolute Gasteiger partial charge is 0.451 e. The Labute approximate surface area is 292 Å². The molecule has 0 atom stereocenters. The minimum atomic E-state index is -0.0753. The van der Waals surface area contributed by atoms with Crippen molar-refractivity contribution in [2.45, 2.75) is 172 Å². The van der Waals surface area contributed by atoms with Crippen LogP contribution in [-0.2, 0) is 5.41 Å². The molecule has 0 saturated heterocycles. The number of aryl methyl sites for hydroxylation is 1. The molecule has 3 aromatic rings. The molecule has 48 heavy (non-hydrogen) atoms. The second-order valence-electron chi connectivity index (χ2n) is 17.3. The topological polar surface area (TPSA) is 86.2 Å². The van der Waals surface area contributed by atoms with Gasteiger partial charge in [-0.15, -0.1) is 0 Å². The quantitative estimate of drug-likeness (QED) is 0.234. The first-order valence-electron chi connectivity index (χ1n) is 18.7. The van der Waals surface area contributed by atoms with Gasteiger partial charge in [-0.3, -0.25) is 9.59 Å². The van der Waals surface area contributed by atoms with Crippen molar-refractivity contribution in [2.75, 3.05) is 0 Å². The van der Waals surface area contributed by atoms with Crippen LogP contribution in [0.25, 0.3) is 11.1 Å². The number of carbonyl (C=O) groups excluding carboxylic acids is 2. The van der Waals surface area contributed by atoms with Crippen LogP contribution in [0.15, 0.2) is 27.2 Å². The van der Waals surface area contributed by atoms with Crippen molar-refractivity contribution in [1.82, 2.24) is 9.97 Å². The van der Waals surface area contributed by atoms with E-state index in [9.17, 15) is 9.59 Å². The molecule has 2 aliphatic carbocycles. The van der Waals surface area contributed by atoms with Gasteiger partial charge in [0.1, 0.15) is 17.5 Å². The molecule has 0 N–H and O–H groups in total. The van der Waals surface area contributed by atoms with Crippen molar-refractivity contribution < 1.29 is 18.4 Å². The molecule has 3 aromatic heterocycles. The summed E-state index contributed by atoms with van der Waals surface area (Å²) in [6.45, 7) is 30.3. The third-order valence-corrected chi connectivity index (χ3v) is 9.15. The number of hydrogen-bond acceptors (Lipinski definition) is 6. The van der Waals surface area contributed by atoms with E-state index in [1.165, 1.54) is 63.3 Å². The molecule has 6 nitrogen and oxygen atoms in total. The number of nitrogens with zero attached hydrogens (tertiary/aromatic N) is 2. The fourth-order valence-corrected chi connectivity index (χ4v) is 5.69. The number of carbonyl (C=O) groups is 2. The number of unbranched alkanes of at least 4 members (excludes halogenated alkanes) is 1. The Hall–Kier alpha value is -2.76. The summed E-state index contributed by atoms with van der Waals surface area (Å²) >= 11 is 0. The molecule has 0 unspecified atom stereocenters. The SMILES string of the molecule is CC(C)C(=O)c1cc2nc(C3CCC(C)(C)CC3)cc(C(C)(C)C)c2o1.CCCC.CCCC(C)(C)C.Cc1nc(C(=O)C2CC2)co1. The second-order valence-corrected chi connectivity index (χ2v) is 17.3. The predicted molar refractivity (Wildman–Crippen MR) is 200 cm³/mol. The number of furan rings is 1. The average Bonchev–Trinajstić information content (AvgIpc) is 3.61. The van der Waals surface area contributed by atoms with Crippen LogP contribution in [0.1, 0.15) is 198 Å². The van der Waals surface area contributed by atoms with Crippen LogP contribution in [0, 0.1) is 29.6 Å². The van der Waals surface area contributed by atoms with E-state index in [0.717, 1.165) is 29.5 Å². The first kappa shape index (κ1) is 41.4. The van der Waals surface area contributed by atoms with Gasteiger partial charge in [-0.25, -0.2) is 9.97 Å². The van der Waals surface area contributed by atoms with Gasteiger partial charge >= 0.3 is 0 Å². The van der Waals surface area contributed by atoms with Crippen LogP contribution in [-0.4, -0.2) is 21.5 Å². The third-order valence-electron chi connectivity index (χ3n) is 9.15. The van der Waals surface area contributed by atoms with E-state index >= 15 is 0 Å². The molecule has 5 rings (SSSR count). The summed E-state index contributed by atoms with van der Waals surface area (Å²) in [6, 6.07) is 4.08. The van der Waals surface area contributed by atoms with E-state index in [4.69, 9.17) is 13.8 Å². The lowest BCUT2D eigenvalue weighted by molar-refractivity contribution is 0.0912. The Morgan fingerprint density at radius 1 is 0.896 bits per heavy atom. The predicted octanol–water partition coefficient (Wildman–Crippen LogP) is 12.9. The maximum Gasteiger partial charge on any atom is 0.200 e. The summed E-state index contributed by atoms with van der Waals surface area (Å²) < 4.78 is 10.9. The van der Waals surface area contributed by atoms with Crippen LogP contribution in [0.4, 0.5) is 0 Å². The van der Waals surface area contributed by atoms with Crippen molar-refractivity contribution in [3.63, 3.8) is 0 Å². The van der Waals surface area contributed by atoms with Gasteiger partial charge in [0.25, 0.3) is 0 Å². The summed E-state index contributed by atoms with van der Waals surface area (Å²) in [5.41, 5.74) is 5.37. The highest BCUT2D eigenvalue weighted by atomic mass is 16.3. The minimum Gasteiger partial charge on any atom is -0.451 e. The summed E-state index contributed by atoms with van der Waals surface area (Å²) in [4.78, 5) is 32.6. The molecule has 0 radical (unpaired) electrons. The van der Waals surface area contributed by atoms with Crippen LogP contribution in [0.2, 0.25) is 0 Å². The zero-order chi connectivity index (χ0) is 36.4. The van der Waals surface area contributed by atoms with Gasteiger partial charge < -0.3 is 8.83 Å². The van der Waals surface area contributed by atoms with E-state index in [0.29, 0.717) is 34.1 Å². The van der Waals surface area contributed by atoms with Gasteiger partial charge in [-0.05, 0) is 67.3 Å². The zero-order valence-electron chi connectivity index (χ0n) is 33.1. The van der Waals surface area contributed by atoms with Gasteiger partial charge in [-0.1, -0.05) is 109 Å². The summed E-state index contributed by atoms with van der Waals surface area (Å²) in [5.74, 6) is 1.86. The number of ketones is 2. The highest BCUT2D eigenvalue weighted by Crippen LogP contribution is 2.43. The van der Waals surface area contributed by atoms with E-state index in [2.05, 4.69) is 87.2 Å². The lowest BCUT2D eigenvalue weighted by Crippen LogP contribution is -2.21. The molecule has 6 heteroatoms. The van der Waals surface area contributed by atoms with E-state index in [-0.39, 0.29) is 28.8 Å². The summed E-state index contributed by atoms with van der Waals surface area (Å²) in [5, 5.41) is 0. The van der Waals surface area contributed by atoms with Crippen molar-refractivity contribution >= 4 is 22.7 Å². The number of hydrogen-bond donors (Lipinski definition) is 0. The smallest absolute Gasteiger partial charge is 0.200 e. The zero-order valence-corrected chi connectivity index (χ0v) is 33.1. The number of rotatable bonds is 7. The van der Waals surface area contributed by atoms with E-state index < -0.39 is 0 Å². The van der Waals surface area contributed by atoms with Crippen LogP contribution in [0.3, 0.4) is 0 Å². The van der Waals surface area contributed by atoms with Crippen molar-refractivity contribution in [3.05, 3.63) is 47.0 Å². The van der Waals surface area contributed by atoms with Gasteiger partial charge in [0.2, 0.25) is 5.78 Å². The molecular formula is C42H68N2O4. The van der Waals surface area contributed by atoms with Gasteiger partial charge in [0.15, 0.2) is 23.0 Å². The van der Waals surface area contributed by atoms with Crippen LogP contribution >= 0.6 is 0 Å². The molecule has 2 aliphatic rings. The Bertz CT molecular complexity index is 1430. The first-order chi connectivity index (χ1) is 22.2. The normalized spacial score (nSPS) is 16.3. The molecular weight excluding hydrogens is 596 g/mol. The maximum absolute atomic E-state index is 12.4. The van der Waals surface area contributed by atoms with E-state index in [1.54, 1.807) is 6.92 Å². The van der Waals surface area contributed by atoms with Gasteiger partial charge in [-0.2, -0.15) is 0 Å². The number of fused-ring (bicyclic) bond motifs is 1. The van der Waals surface area contributed by atoms with Crippen LogP contribution in [0.5, 0.6) is 0 Å². The molecule has 0 bridgehead atoms. The highest BCUT2D eigenvalue weighted by Gasteiger charge is 2.32. The van der Waals surface area contributed by atoms with Crippen molar-refractivity contribution in [1.29, 1.82) is 0 Å². The highest BCUT2D eigenvalue weighted by molar-refractivity contribution is 5.98. The van der Waals surface area contributed by atoms with Crippen molar-refractivity contribution in [2.24, 2.45) is 22.7 Å². The van der Waals surface area contributed by atoms with Crippen molar-refractivity contribution in [3.8, 4) is 0 Å². The Kier molecular flexibility index (Phi) is 15.3. The minimum absolute atomic E-state index is 0.0452. The molecule has 0 aliphatic heterocycles. The lowest BCUT2D eigenvalue weighted by Gasteiger charge is -2.34. The Morgan fingerprint density at radius 3 is 1.88 bits per heavy atom. The van der Waals surface area contributed by atoms with Gasteiger partial charge in [0, 0.05) is 42.0 Å². The third kappa shape index (κ3) is 13.3. The summed E-state index contributed by atoms with van der Waals surface area (Å²) in [6.07, 6.45) is 13.6. The fraction of sp³-hybridized carbons (Fsp3) is 0.714. The molecule has 3 heterocycles. The first-order valence-corrected chi connectivity index (χ1v) is 18.7. The fourth-order valence-electron chi connectivity index (χ4n) is 5.69. The number of oxazole rings is 1. The number of aromatic nitrogens is 2. The van der Waals surface area contributed by atoms with Crippen LogP contribution < -0.4 is 0 Å². The molecule has 0 spiro atoms. The molecule has 0 aromatic carbocycles. The maximum atomic E-state index is 12.4. The molecule has 270 valence electrons. The number of pyridine rings is 1. The second kappa shape index (κ2) is 17.8. The lowest BCUT2D eigenvalue weighted by atomic mass is 9.72. The number of Topliss-reactive ketones (excluding diaryl/α,β-unsaturated/α-hetero) is 2. The molecule has 2 saturated carbocycles. The summed E-state index contributed by atoms with van der Waals surface area (Å²) in [7, 11) is 0. The Balaban J connectivity index is 0.000000296. The molecule has 0 amide bonds. The molecule has 2 fully saturated rings. The van der Waals surface area contributed by atoms with Gasteiger partial charge in [0.05, 0.1) is 0 Å². The average molecular weight is 665 g/mol. The monoisotopic (exact) mass is 665 g/mol. The van der Waals surface area contributed by atoms with E-state index in [1.807, 2.05) is 19.9 Å². The Morgan fingerprint density at radius 2 is 1.48 bits per heavy atom.